The summed E-state index contributed by atoms with van der Waals surface area (Å²) >= 11 is 0. The van der Waals surface area contributed by atoms with Crippen molar-refractivity contribution >= 4 is 17.3 Å². The maximum Gasteiger partial charge on any atom is 0.243 e. The van der Waals surface area contributed by atoms with Gasteiger partial charge in [-0.1, -0.05) is 36.4 Å². The first-order chi connectivity index (χ1) is 18.2. The van der Waals surface area contributed by atoms with E-state index in [2.05, 4.69) is 10.6 Å². The number of benzene rings is 4. The van der Waals surface area contributed by atoms with E-state index in [0.29, 0.717) is 37.9 Å². The molecule has 0 bridgehead atoms. The Morgan fingerprint density at radius 2 is 0.865 bits per heavy atom. The van der Waals surface area contributed by atoms with Crippen LogP contribution in [0.15, 0.2) is 109 Å². The van der Waals surface area contributed by atoms with E-state index in [-0.39, 0.29) is 12.5 Å². The van der Waals surface area contributed by atoms with Crippen molar-refractivity contribution < 1.29 is 23.7 Å². The fourth-order valence-corrected chi connectivity index (χ4v) is 3.36. The van der Waals surface area contributed by atoms with Crippen molar-refractivity contribution in [3.05, 3.63) is 109 Å². The molecule has 0 radical (unpaired) electrons. The summed E-state index contributed by atoms with van der Waals surface area (Å²) in [5.74, 6) is 2.93. The molecule has 0 atom stereocenters. The van der Waals surface area contributed by atoms with Gasteiger partial charge in [-0.15, -0.1) is 0 Å². The lowest BCUT2D eigenvalue weighted by Gasteiger charge is -2.11. The van der Waals surface area contributed by atoms with E-state index in [0.717, 1.165) is 22.9 Å². The molecule has 0 fully saturated rings. The molecule has 0 aliphatic rings. The zero-order valence-electron chi connectivity index (χ0n) is 20.5. The third-order valence-electron chi connectivity index (χ3n) is 5.17. The van der Waals surface area contributed by atoms with Gasteiger partial charge in [0.15, 0.2) is 0 Å². The maximum absolute atomic E-state index is 12.3. The lowest BCUT2D eigenvalue weighted by molar-refractivity contribution is -0.114. The summed E-state index contributed by atoms with van der Waals surface area (Å²) in [6.07, 6.45) is 0. The highest BCUT2D eigenvalue weighted by Gasteiger charge is 2.04. The Balaban J connectivity index is 1.10. The first-order valence-electron chi connectivity index (χ1n) is 12.1. The average Bonchev–Trinajstić information content (AvgIpc) is 2.95. The van der Waals surface area contributed by atoms with Crippen LogP contribution >= 0.6 is 0 Å². The Morgan fingerprint density at radius 1 is 0.486 bits per heavy atom. The Morgan fingerprint density at radius 3 is 1.30 bits per heavy atom. The van der Waals surface area contributed by atoms with Gasteiger partial charge in [-0.25, -0.2) is 0 Å². The standard InChI is InChI=1S/C30H30N2O5/c33-30(32-25-13-17-29(18-14-25)37-22-20-35-27-9-5-2-6-10-27)23-31-24-11-15-28(16-12-24)36-21-19-34-26-7-3-1-4-8-26/h1-18,31H,19-23H2,(H,32,33). The summed E-state index contributed by atoms with van der Waals surface area (Å²) in [4.78, 5) is 12.3. The second-order valence-corrected chi connectivity index (χ2v) is 7.97. The van der Waals surface area contributed by atoms with Crippen LogP contribution < -0.4 is 29.6 Å². The lowest BCUT2D eigenvalue weighted by atomic mass is 10.3. The SMILES string of the molecule is O=C(CNc1ccc(OCCOc2ccccc2)cc1)Nc1ccc(OCCOc2ccccc2)cc1. The molecule has 0 saturated heterocycles. The quantitative estimate of drug-likeness (QED) is 0.219. The molecule has 0 aliphatic carbocycles. The van der Waals surface area contributed by atoms with Gasteiger partial charge >= 0.3 is 0 Å². The van der Waals surface area contributed by atoms with E-state index < -0.39 is 0 Å². The largest absolute Gasteiger partial charge is 0.490 e. The van der Waals surface area contributed by atoms with E-state index in [4.69, 9.17) is 18.9 Å². The number of hydrogen-bond acceptors (Lipinski definition) is 6. The van der Waals surface area contributed by atoms with Gasteiger partial charge in [-0.3, -0.25) is 4.79 Å². The summed E-state index contributed by atoms with van der Waals surface area (Å²) in [5, 5.41) is 5.98. The molecule has 1 amide bonds. The first kappa shape index (κ1) is 25.4. The minimum Gasteiger partial charge on any atom is -0.490 e. The summed E-state index contributed by atoms with van der Waals surface area (Å²) in [7, 11) is 0. The Kier molecular flexibility index (Phi) is 9.66. The summed E-state index contributed by atoms with van der Waals surface area (Å²) in [6.45, 7) is 1.91. The predicted octanol–water partition coefficient (Wildman–Crippen LogP) is 5.65. The highest BCUT2D eigenvalue weighted by Crippen LogP contribution is 2.18. The molecular formula is C30H30N2O5. The number of para-hydroxylation sites is 2. The van der Waals surface area contributed by atoms with Crippen LogP contribution in [0.25, 0.3) is 0 Å². The van der Waals surface area contributed by atoms with E-state index in [1.165, 1.54) is 0 Å². The number of anilines is 2. The van der Waals surface area contributed by atoms with Gasteiger partial charge < -0.3 is 29.6 Å². The number of carbonyl (C=O) groups is 1. The molecule has 0 aromatic heterocycles. The summed E-state index contributed by atoms with van der Waals surface area (Å²) in [6, 6.07) is 33.9. The minimum absolute atomic E-state index is 0.139. The van der Waals surface area contributed by atoms with Gasteiger partial charge in [0.1, 0.15) is 49.4 Å². The van der Waals surface area contributed by atoms with E-state index >= 15 is 0 Å². The Bertz CT molecular complexity index is 1200. The summed E-state index contributed by atoms with van der Waals surface area (Å²) < 4.78 is 22.6. The number of amides is 1. The minimum atomic E-state index is -0.150. The smallest absolute Gasteiger partial charge is 0.243 e. The molecule has 0 spiro atoms. The van der Waals surface area contributed by atoms with Crippen molar-refractivity contribution in [2.45, 2.75) is 0 Å². The molecule has 0 heterocycles. The monoisotopic (exact) mass is 498 g/mol. The molecule has 0 aliphatic heterocycles. The van der Waals surface area contributed by atoms with Crippen LogP contribution in [0.4, 0.5) is 11.4 Å². The molecule has 190 valence electrons. The Labute approximate surface area is 217 Å². The fourth-order valence-electron chi connectivity index (χ4n) is 3.36. The first-order valence-corrected chi connectivity index (χ1v) is 12.1. The zero-order chi connectivity index (χ0) is 25.5. The number of hydrogen-bond donors (Lipinski definition) is 2. The Hall–Kier alpha value is -4.65. The van der Waals surface area contributed by atoms with Crippen LogP contribution in [0.1, 0.15) is 0 Å². The van der Waals surface area contributed by atoms with Crippen LogP contribution in [-0.2, 0) is 4.79 Å². The van der Waals surface area contributed by atoms with Crippen LogP contribution in [0.3, 0.4) is 0 Å². The number of rotatable bonds is 14. The van der Waals surface area contributed by atoms with Gasteiger partial charge in [0.05, 0.1) is 6.54 Å². The maximum atomic E-state index is 12.3. The van der Waals surface area contributed by atoms with Gasteiger partial charge in [0, 0.05) is 11.4 Å². The number of nitrogens with one attached hydrogen (secondary N) is 2. The van der Waals surface area contributed by atoms with E-state index in [1.54, 1.807) is 12.1 Å². The second-order valence-electron chi connectivity index (χ2n) is 7.97. The highest BCUT2D eigenvalue weighted by atomic mass is 16.5. The highest BCUT2D eigenvalue weighted by molar-refractivity contribution is 5.93. The molecule has 4 aromatic rings. The van der Waals surface area contributed by atoms with Gasteiger partial charge in [0.25, 0.3) is 0 Å². The topological polar surface area (TPSA) is 78.1 Å². The van der Waals surface area contributed by atoms with Crippen molar-refractivity contribution in [2.75, 3.05) is 43.6 Å². The van der Waals surface area contributed by atoms with Crippen molar-refractivity contribution in [2.24, 2.45) is 0 Å². The fraction of sp³-hybridized carbons (Fsp3) is 0.167. The molecule has 0 unspecified atom stereocenters. The molecular weight excluding hydrogens is 468 g/mol. The van der Waals surface area contributed by atoms with Crippen molar-refractivity contribution in [3.8, 4) is 23.0 Å². The molecule has 0 saturated carbocycles. The van der Waals surface area contributed by atoms with E-state index in [1.807, 2.05) is 97.1 Å². The van der Waals surface area contributed by atoms with Crippen LogP contribution in [0.2, 0.25) is 0 Å². The lowest BCUT2D eigenvalue weighted by Crippen LogP contribution is -2.21. The molecule has 2 N–H and O–H groups in total. The third-order valence-corrected chi connectivity index (χ3v) is 5.17. The average molecular weight is 499 g/mol. The normalized spacial score (nSPS) is 10.3. The molecule has 7 heteroatoms. The second kappa shape index (κ2) is 14.0. The molecule has 37 heavy (non-hydrogen) atoms. The van der Waals surface area contributed by atoms with Crippen molar-refractivity contribution in [1.82, 2.24) is 0 Å². The molecule has 4 aromatic carbocycles. The molecule has 7 nitrogen and oxygen atoms in total. The van der Waals surface area contributed by atoms with Crippen LogP contribution in [0.5, 0.6) is 23.0 Å². The summed E-state index contributed by atoms with van der Waals surface area (Å²) in [5.41, 5.74) is 1.52. The van der Waals surface area contributed by atoms with Gasteiger partial charge in [-0.05, 0) is 72.8 Å². The zero-order valence-corrected chi connectivity index (χ0v) is 20.5. The van der Waals surface area contributed by atoms with Crippen LogP contribution in [0, 0.1) is 0 Å². The predicted molar refractivity (Wildman–Crippen MR) is 145 cm³/mol. The third kappa shape index (κ3) is 9.14. The van der Waals surface area contributed by atoms with E-state index in [9.17, 15) is 4.79 Å². The van der Waals surface area contributed by atoms with Gasteiger partial charge in [0.2, 0.25) is 5.91 Å². The van der Waals surface area contributed by atoms with Crippen LogP contribution in [-0.4, -0.2) is 38.9 Å². The number of carbonyl (C=O) groups excluding carboxylic acids is 1. The van der Waals surface area contributed by atoms with Crippen molar-refractivity contribution in [3.63, 3.8) is 0 Å². The number of ether oxygens (including phenoxy) is 4. The molecule has 4 rings (SSSR count). The van der Waals surface area contributed by atoms with Gasteiger partial charge in [-0.2, -0.15) is 0 Å². The van der Waals surface area contributed by atoms with Crippen molar-refractivity contribution in [1.29, 1.82) is 0 Å².